The minimum Gasteiger partial charge on any atom is -0.368 e. The lowest BCUT2D eigenvalue weighted by Gasteiger charge is -2.42. The highest BCUT2D eigenvalue weighted by atomic mass is 35.5. The van der Waals surface area contributed by atoms with Gasteiger partial charge in [-0.3, -0.25) is 4.98 Å². The van der Waals surface area contributed by atoms with Gasteiger partial charge in [0.25, 0.3) is 0 Å². The van der Waals surface area contributed by atoms with E-state index in [1.807, 2.05) is 0 Å². The molecule has 1 aromatic heterocycles. The van der Waals surface area contributed by atoms with Crippen LogP contribution in [0.5, 0.6) is 0 Å². The van der Waals surface area contributed by atoms with Crippen molar-refractivity contribution >= 4 is 41.4 Å². The van der Waals surface area contributed by atoms with Gasteiger partial charge in [-0.15, -0.1) is 24.8 Å². The van der Waals surface area contributed by atoms with Gasteiger partial charge in [-0.1, -0.05) is 60.7 Å². The number of aromatic nitrogens is 1. The molecule has 0 saturated carbocycles. The Kier molecular flexibility index (Phi) is 9.56. The molecule has 1 saturated heterocycles. The molecule has 5 rings (SSSR count). The average molecular weight is 509 g/mol. The Morgan fingerprint density at radius 1 is 0.857 bits per heavy atom. The normalized spacial score (nSPS) is 17.5. The molecular formula is C30H35Cl2N3. The van der Waals surface area contributed by atoms with Crippen LogP contribution in [0.2, 0.25) is 0 Å². The summed E-state index contributed by atoms with van der Waals surface area (Å²) in [4.78, 5) is 7.49. The van der Waals surface area contributed by atoms with Crippen LogP contribution in [0.1, 0.15) is 35.2 Å². The molecule has 4 aromatic rings. The summed E-state index contributed by atoms with van der Waals surface area (Å²) < 4.78 is 0. The zero-order valence-electron chi connectivity index (χ0n) is 20.5. The zero-order valence-corrected chi connectivity index (χ0v) is 22.1. The van der Waals surface area contributed by atoms with E-state index in [4.69, 9.17) is 4.98 Å². The standard InChI is InChI=1S/C30H33N3.2ClH/c1-22-16-23(2)18-28(17-22)33-15-14-26(20-29(33)19-24-8-4-3-5-9-24)31-21-27-13-12-25-10-6-7-11-30(25)32-27;;/h3-13,16-18,26,29,31H,14-15,19-21H2,1-2H3;2*1H/t26-,29+;;/m0../s1. The summed E-state index contributed by atoms with van der Waals surface area (Å²) in [5.41, 5.74) is 7.64. The molecule has 0 aliphatic carbocycles. The molecule has 3 aromatic carbocycles. The minimum absolute atomic E-state index is 0. The number of anilines is 1. The van der Waals surface area contributed by atoms with Gasteiger partial charge >= 0.3 is 0 Å². The van der Waals surface area contributed by atoms with Gasteiger partial charge in [0.1, 0.15) is 0 Å². The molecule has 1 aliphatic rings. The Morgan fingerprint density at radius 2 is 1.57 bits per heavy atom. The molecule has 1 N–H and O–H groups in total. The maximum Gasteiger partial charge on any atom is 0.0705 e. The number of rotatable bonds is 6. The number of nitrogens with one attached hydrogen (secondary N) is 1. The van der Waals surface area contributed by atoms with Gasteiger partial charge in [0.05, 0.1) is 11.2 Å². The van der Waals surface area contributed by atoms with Crippen molar-refractivity contribution in [1.29, 1.82) is 0 Å². The van der Waals surface area contributed by atoms with E-state index < -0.39 is 0 Å². The van der Waals surface area contributed by atoms with Crippen molar-refractivity contribution in [2.45, 2.75) is 51.7 Å². The molecule has 0 unspecified atom stereocenters. The number of para-hydroxylation sites is 1. The number of hydrogen-bond acceptors (Lipinski definition) is 3. The molecule has 5 heteroatoms. The molecule has 0 bridgehead atoms. The zero-order chi connectivity index (χ0) is 22.6. The minimum atomic E-state index is 0. The summed E-state index contributed by atoms with van der Waals surface area (Å²) in [5.74, 6) is 0. The van der Waals surface area contributed by atoms with E-state index >= 15 is 0 Å². The first-order valence-electron chi connectivity index (χ1n) is 12.1. The molecule has 2 atom stereocenters. The first-order valence-corrected chi connectivity index (χ1v) is 12.1. The van der Waals surface area contributed by atoms with Crippen LogP contribution in [0, 0.1) is 13.8 Å². The Bertz CT molecular complexity index is 1210. The van der Waals surface area contributed by atoms with Gasteiger partial charge < -0.3 is 10.2 Å². The molecule has 3 nitrogen and oxygen atoms in total. The van der Waals surface area contributed by atoms with Crippen LogP contribution in [-0.2, 0) is 13.0 Å². The molecule has 35 heavy (non-hydrogen) atoms. The van der Waals surface area contributed by atoms with Gasteiger partial charge in [-0.25, -0.2) is 0 Å². The third kappa shape index (κ3) is 6.76. The van der Waals surface area contributed by atoms with E-state index in [2.05, 4.69) is 109 Å². The van der Waals surface area contributed by atoms with E-state index in [1.165, 1.54) is 27.8 Å². The fourth-order valence-electron chi connectivity index (χ4n) is 5.23. The van der Waals surface area contributed by atoms with E-state index in [1.54, 1.807) is 0 Å². The monoisotopic (exact) mass is 507 g/mol. The lowest BCUT2D eigenvalue weighted by atomic mass is 9.91. The van der Waals surface area contributed by atoms with Crippen molar-refractivity contribution in [1.82, 2.24) is 10.3 Å². The lowest BCUT2D eigenvalue weighted by Crippen LogP contribution is -2.49. The van der Waals surface area contributed by atoms with Crippen molar-refractivity contribution in [2.75, 3.05) is 11.4 Å². The lowest BCUT2D eigenvalue weighted by molar-refractivity contribution is 0.352. The molecule has 1 fully saturated rings. The summed E-state index contributed by atoms with van der Waals surface area (Å²) in [7, 11) is 0. The highest BCUT2D eigenvalue weighted by Gasteiger charge is 2.29. The number of pyridine rings is 1. The highest BCUT2D eigenvalue weighted by molar-refractivity contribution is 5.85. The second kappa shape index (κ2) is 12.4. The van der Waals surface area contributed by atoms with Crippen molar-refractivity contribution in [2.24, 2.45) is 0 Å². The van der Waals surface area contributed by atoms with Crippen LogP contribution in [-0.4, -0.2) is 23.6 Å². The van der Waals surface area contributed by atoms with Crippen LogP contribution in [0.3, 0.4) is 0 Å². The maximum atomic E-state index is 4.86. The summed E-state index contributed by atoms with van der Waals surface area (Å²) >= 11 is 0. The van der Waals surface area contributed by atoms with Crippen LogP contribution >= 0.6 is 24.8 Å². The Balaban J connectivity index is 0.00000171. The van der Waals surface area contributed by atoms with Gasteiger partial charge in [0, 0.05) is 36.2 Å². The first kappa shape index (κ1) is 27.0. The predicted octanol–water partition coefficient (Wildman–Crippen LogP) is 7.07. The molecule has 0 radical (unpaired) electrons. The fraction of sp³-hybridized carbons (Fsp3) is 0.300. The molecular weight excluding hydrogens is 473 g/mol. The number of aryl methyl sites for hydroxylation is 2. The maximum absolute atomic E-state index is 4.86. The van der Waals surface area contributed by atoms with Crippen molar-refractivity contribution in [3.63, 3.8) is 0 Å². The third-order valence-corrected chi connectivity index (χ3v) is 6.80. The topological polar surface area (TPSA) is 28.2 Å². The SMILES string of the molecule is Cc1cc(C)cc(N2CC[C@H](NCc3ccc4ccccc4n3)C[C@H]2Cc2ccccc2)c1.Cl.Cl. The summed E-state index contributed by atoms with van der Waals surface area (Å²) in [5, 5.41) is 5.02. The second-order valence-corrected chi connectivity index (χ2v) is 9.48. The number of fused-ring (bicyclic) bond motifs is 1. The van der Waals surface area contributed by atoms with E-state index in [9.17, 15) is 0 Å². The number of benzene rings is 3. The Hall–Kier alpha value is -2.59. The van der Waals surface area contributed by atoms with Crippen molar-refractivity contribution in [3.8, 4) is 0 Å². The van der Waals surface area contributed by atoms with Crippen LogP contribution in [0.15, 0.2) is 84.9 Å². The molecule has 2 heterocycles. The van der Waals surface area contributed by atoms with E-state index in [0.717, 1.165) is 43.6 Å². The summed E-state index contributed by atoms with van der Waals surface area (Å²) in [6.45, 7) is 6.29. The average Bonchev–Trinajstić information content (AvgIpc) is 2.83. The van der Waals surface area contributed by atoms with Crippen molar-refractivity contribution in [3.05, 3.63) is 107 Å². The smallest absolute Gasteiger partial charge is 0.0705 e. The van der Waals surface area contributed by atoms with Gasteiger partial charge in [0.2, 0.25) is 0 Å². The largest absolute Gasteiger partial charge is 0.368 e. The molecule has 0 spiro atoms. The van der Waals surface area contributed by atoms with Gasteiger partial charge in [-0.2, -0.15) is 0 Å². The van der Waals surface area contributed by atoms with Crippen molar-refractivity contribution < 1.29 is 0 Å². The van der Waals surface area contributed by atoms with Gasteiger partial charge in [-0.05, 0) is 74.1 Å². The fourth-order valence-corrected chi connectivity index (χ4v) is 5.23. The van der Waals surface area contributed by atoms with Crippen LogP contribution in [0.4, 0.5) is 5.69 Å². The number of nitrogens with zero attached hydrogens (tertiary/aromatic N) is 2. The van der Waals surface area contributed by atoms with E-state index in [-0.39, 0.29) is 24.8 Å². The quantitative estimate of drug-likeness (QED) is 0.302. The molecule has 184 valence electrons. The summed E-state index contributed by atoms with van der Waals surface area (Å²) in [6.07, 6.45) is 3.35. The number of halogens is 2. The highest BCUT2D eigenvalue weighted by Crippen LogP contribution is 2.29. The molecule has 1 aliphatic heterocycles. The van der Waals surface area contributed by atoms with Crippen LogP contribution < -0.4 is 10.2 Å². The molecule has 0 amide bonds. The summed E-state index contributed by atoms with van der Waals surface area (Å²) in [6, 6.07) is 31.5. The van der Waals surface area contributed by atoms with Crippen LogP contribution in [0.25, 0.3) is 10.9 Å². The first-order chi connectivity index (χ1) is 16.1. The Labute approximate surface area is 221 Å². The second-order valence-electron chi connectivity index (χ2n) is 9.48. The number of piperidine rings is 1. The Morgan fingerprint density at radius 3 is 2.34 bits per heavy atom. The van der Waals surface area contributed by atoms with Gasteiger partial charge in [0.15, 0.2) is 0 Å². The number of hydrogen-bond donors (Lipinski definition) is 1. The third-order valence-electron chi connectivity index (χ3n) is 6.80. The predicted molar refractivity (Wildman–Crippen MR) is 153 cm³/mol. The van der Waals surface area contributed by atoms with E-state index in [0.29, 0.717) is 12.1 Å².